The normalized spacial score (nSPS) is 10.5. The van der Waals surface area contributed by atoms with Crippen LogP contribution < -0.4 is 10.1 Å². The summed E-state index contributed by atoms with van der Waals surface area (Å²) in [4.78, 5) is 23.6. The molecule has 0 radical (unpaired) electrons. The number of ketones is 1. The summed E-state index contributed by atoms with van der Waals surface area (Å²) in [7, 11) is 0. The second-order valence-corrected chi connectivity index (χ2v) is 6.90. The first-order valence-electron chi connectivity index (χ1n) is 8.00. The second-order valence-electron chi connectivity index (χ2n) is 5.48. The number of carbonyl (C=O) groups is 2. The van der Waals surface area contributed by atoms with Gasteiger partial charge in [-0.05, 0) is 50.2 Å². The van der Waals surface area contributed by atoms with Gasteiger partial charge in [0, 0.05) is 21.9 Å². The molecule has 7 heteroatoms. The highest BCUT2D eigenvalue weighted by Crippen LogP contribution is 2.26. The maximum Gasteiger partial charge on any atom is 0.234 e. The van der Waals surface area contributed by atoms with Gasteiger partial charge in [0.25, 0.3) is 0 Å². The number of benzene rings is 2. The average Bonchev–Trinajstić information content (AvgIpc) is 2.59. The second kappa shape index (κ2) is 9.59. The molecule has 0 spiro atoms. The molecule has 0 saturated heterocycles. The molecule has 4 nitrogen and oxygen atoms in total. The molecule has 138 valence electrons. The van der Waals surface area contributed by atoms with E-state index >= 15 is 0 Å². The Morgan fingerprint density at radius 3 is 2.65 bits per heavy atom. The van der Waals surface area contributed by atoms with Crippen LogP contribution in [0.3, 0.4) is 0 Å². The number of hydrogen-bond acceptors (Lipinski definition) is 4. The first-order valence-corrected chi connectivity index (χ1v) is 9.53. The molecule has 0 unspecified atom stereocenters. The minimum Gasteiger partial charge on any atom is -0.494 e. The van der Waals surface area contributed by atoms with Gasteiger partial charge in [-0.15, -0.1) is 11.8 Å². The lowest BCUT2D eigenvalue weighted by Gasteiger charge is -2.11. The van der Waals surface area contributed by atoms with Crippen LogP contribution in [0.1, 0.15) is 29.8 Å². The number of ether oxygens (including phenoxy) is 1. The number of thioether (sulfide) groups is 1. The fourth-order valence-corrected chi connectivity index (χ4v) is 3.20. The van der Waals surface area contributed by atoms with Crippen molar-refractivity contribution in [2.24, 2.45) is 0 Å². The van der Waals surface area contributed by atoms with Gasteiger partial charge in [0.2, 0.25) is 5.91 Å². The van der Waals surface area contributed by atoms with Crippen LogP contribution in [0.25, 0.3) is 0 Å². The molecule has 2 aromatic carbocycles. The van der Waals surface area contributed by atoms with Crippen LogP contribution >= 0.6 is 23.4 Å². The number of halogens is 2. The van der Waals surface area contributed by atoms with Gasteiger partial charge in [-0.1, -0.05) is 11.6 Å². The topological polar surface area (TPSA) is 55.4 Å². The number of rotatable bonds is 8. The summed E-state index contributed by atoms with van der Waals surface area (Å²) in [5.41, 5.74) is 1.53. The Kier molecular flexibility index (Phi) is 7.48. The van der Waals surface area contributed by atoms with Gasteiger partial charge in [-0.25, -0.2) is 4.39 Å². The maximum absolute atomic E-state index is 13.7. The molecule has 0 aliphatic heterocycles. The van der Waals surface area contributed by atoms with Crippen LogP contribution in [0.4, 0.5) is 10.1 Å². The van der Waals surface area contributed by atoms with Gasteiger partial charge in [-0.3, -0.25) is 9.59 Å². The van der Waals surface area contributed by atoms with Gasteiger partial charge >= 0.3 is 0 Å². The van der Waals surface area contributed by atoms with Crippen molar-refractivity contribution in [3.63, 3.8) is 0 Å². The van der Waals surface area contributed by atoms with E-state index in [-0.39, 0.29) is 28.2 Å². The Bertz CT molecular complexity index is 813. The van der Waals surface area contributed by atoms with Gasteiger partial charge in [0.1, 0.15) is 11.6 Å². The molecule has 0 aliphatic rings. The van der Waals surface area contributed by atoms with E-state index in [0.717, 1.165) is 11.6 Å². The third-order valence-electron chi connectivity index (χ3n) is 3.46. The number of hydrogen-bond donors (Lipinski definition) is 1. The molecule has 0 heterocycles. The zero-order chi connectivity index (χ0) is 19.1. The number of nitrogens with one attached hydrogen (secondary N) is 1. The van der Waals surface area contributed by atoms with E-state index < -0.39 is 5.82 Å². The lowest BCUT2D eigenvalue weighted by molar-refractivity contribution is -0.113. The molecule has 1 amide bonds. The lowest BCUT2D eigenvalue weighted by atomic mass is 10.1. The summed E-state index contributed by atoms with van der Waals surface area (Å²) in [6.07, 6.45) is 0. The Morgan fingerprint density at radius 2 is 2.00 bits per heavy atom. The number of Topliss-reactive ketones (excluding diaryl/α,β-unsaturated/α-hetero) is 1. The van der Waals surface area contributed by atoms with Crippen LogP contribution in [0.15, 0.2) is 36.4 Å². The molecule has 0 saturated carbocycles. The molecule has 0 fully saturated rings. The van der Waals surface area contributed by atoms with Gasteiger partial charge in [0.15, 0.2) is 5.78 Å². The van der Waals surface area contributed by atoms with E-state index in [4.69, 9.17) is 16.3 Å². The van der Waals surface area contributed by atoms with Crippen molar-refractivity contribution in [3.05, 3.63) is 58.4 Å². The van der Waals surface area contributed by atoms with Crippen molar-refractivity contribution in [3.8, 4) is 5.75 Å². The number of anilines is 1. The Labute approximate surface area is 161 Å². The molecule has 2 aromatic rings. The van der Waals surface area contributed by atoms with E-state index in [1.165, 1.54) is 30.8 Å². The van der Waals surface area contributed by atoms with E-state index in [1.54, 1.807) is 18.2 Å². The number of carbonyl (C=O) groups excluding carboxylic acids is 2. The molecule has 0 atom stereocenters. The minimum atomic E-state index is -0.580. The molecule has 1 N–H and O–H groups in total. The van der Waals surface area contributed by atoms with Crippen molar-refractivity contribution >= 4 is 40.7 Å². The standard InChI is InChI=1S/C19H19ClFNO3S/c1-3-25-18-7-4-13(12(2)23)8-14(18)10-26-11-19(24)22-17-6-5-15(20)9-16(17)21/h4-9H,3,10-11H2,1-2H3,(H,22,24). The molecular formula is C19H19ClFNO3S. The van der Waals surface area contributed by atoms with Gasteiger partial charge in [0.05, 0.1) is 18.0 Å². The van der Waals surface area contributed by atoms with Crippen LogP contribution in [-0.2, 0) is 10.5 Å². The number of amides is 1. The fraction of sp³-hybridized carbons (Fsp3) is 0.263. The summed E-state index contributed by atoms with van der Waals surface area (Å²) in [6, 6.07) is 9.33. The van der Waals surface area contributed by atoms with Crippen molar-refractivity contribution < 1.29 is 18.7 Å². The molecule has 0 aliphatic carbocycles. The van der Waals surface area contributed by atoms with Gasteiger partial charge < -0.3 is 10.1 Å². The summed E-state index contributed by atoms with van der Waals surface area (Å²) in [5.74, 6) is 0.384. The van der Waals surface area contributed by atoms with E-state index in [0.29, 0.717) is 23.7 Å². The molecule has 26 heavy (non-hydrogen) atoms. The van der Waals surface area contributed by atoms with E-state index in [1.807, 2.05) is 6.92 Å². The Hall–Kier alpha value is -2.05. The highest BCUT2D eigenvalue weighted by Gasteiger charge is 2.11. The lowest BCUT2D eigenvalue weighted by Crippen LogP contribution is -2.15. The van der Waals surface area contributed by atoms with Crippen LogP contribution in [0.2, 0.25) is 5.02 Å². The first kappa shape index (κ1) is 20.3. The Morgan fingerprint density at radius 1 is 1.23 bits per heavy atom. The predicted molar refractivity (Wildman–Crippen MR) is 104 cm³/mol. The third-order valence-corrected chi connectivity index (χ3v) is 4.68. The summed E-state index contributed by atoms with van der Waals surface area (Å²) < 4.78 is 19.3. The average molecular weight is 396 g/mol. The molecule has 0 aromatic heterocycles. The van der Waals surface area contributed by atoms with Crippen molar-refractivity contribution in [1.82, 2.24) is 0 Å². The zero-order valence-electron chi connectivity index (χ0n) is 14.5. The van der Waals surface area contributed by atoms with Crippen LogP contribution in [0, 0.1) is 5.82 Å². The highest BCUT2D eigenvalue weighted by atomic mass is 35.5. The molecule has 2 rings (SSSR count). The highest BCUT2D eigenvalue weighted by molar-refractivity contribution is 7.99. The van der Waals surface area contributed by atoms with E-state index in [2.05, 4.69) is 5.32 Å². The largest absolute Gasteiger partial charge is 0.494 e. The van der Waals surface area contributed by atoms with Crippen molar-refractivity contribution in [2.75, 3.05) is 17.7 Å². The predicted octanol–water partition coefficient (Wildman–Crippen LogP) is 4.95. The first-order chi connectivity index (χ1) is 12.4. The van der Waals surface area contributed by atoms with Crippen molar-refractivity contribution in [1.29, 1.82) is 0 Å². The summed E-state index contributed by atoms with van der Waals surface area (Å²) in [5, 5.41) is 2.78. The van der Waals surface area contributed by atoms with Crippen molar-refractivity contribution in [2.45, 2.75) is 19.6 Å². The third kappa shape index (κ3) is 5.75. The van der Waals surface area contributed by atoms with Crippen LogP contribution in [0.5, 0.6) is 5.75 Å². The summed E-state index contributed by atoms with van der Waals surface area (Å²) >= 11 is 7.04. The summed E-state index contributed by atoms with van der Waals surface area (Å²) in [6.45, 7) is 3.89. The smallest absolute Gasteiger partial charge is 0.234 e. The van der Waals surface area contributed by atoms with Gasteiger partial charge in [-0.2, -0.15) is 0 Å². The van der Waals surface area contributed by atoms with Crippen LogP contribution in [-0.4, -0.2) is 24.1 Å². The molecular weight excluding hydrogens is 377 g/mol. The monoisotopic (exact) mass is 395 g/mol. The SMILES string of the molecule is CCOc1ccc(C(C)=O)cc1CSCC(=O)Nc1ccc(Cl)cc1F. The fourth-order valence-electron chi connectivity index (χ4n) is 2.24. The minimum absolute atomic E-state index is 0.0322. The quantitative estimate of drug-likeness (QED) is 0.642. The Balaban J connectivity index is 1.96. The van der Waals surface area contributed by atoms with E-state index in [9.17, 15) is 14.0 Å². The maximum atomic E-state index is 13.7. The zero-order valence-corrected chi connectivity index (χ0v) is 16.0. The molecule has 0 bridgehead atoms.